The lowest BCUT2D eigenvalue weighted by Crippen LogP contribution is -2.34. The maximum Gasteiger partial charge on any atom is 0.269 e. The molecule has 0 heterocycles. The molecule has 5 aromatic rings. The second-order valence-electron chi connectivity index (χ2n) is 11.8. The molecule has 0 aliphatic heterocycles. The largest absolute Gasteiger partial charge is 0.457 e. The maximum absolute atomic E-state index is 13.1. The Labute approximate surface area is 329 Å². The third-order valence-electron chi connectivity index (χ3n) is 7.90. The molecule has 2 amide bonds. The third-order valence-corrected chi connectivity index (χ3v) is 8.64. The molecule has 0 aliphatic carbocycles. The summed E-state index contributed by atoms with van der Waals surface area (Å²) in [5.74, 6) is 0.837. The van der Waals surface area contributed by atoms with Gasteiger partial charge < -0.3 is 19.3 Å². The molecule has 54 heavy (non-hydrogen) atoms. The summed E-state index contributed by atoms with van der Waals surface area (Å²) in [6, 6.07) is 32.7. The van der Waals surface area contributed by atoms with Gasteiger partial charge in [0.1, 0.15) is 23.0 Å². The van der Waals surface area contributed by atoms with Crippen LogP contribution in [0, 0.1) is 20.2 Å². The summed E-state index contributed by atoms with van der Waals surface area (Å²) in [7, 11) is 0. The Morgan fingerprint density at radius 1 is 0.500 bits per heavy atom. The first-order valence-corrected chi connectivity index (χ1v) is 17.8. The molecule has 0 aliphatic rings. The van der Waals surface area contributed by atoms with Crippen LogP contribution in [0.15, 0.2) is 121 Å². The second kappa shape index (κ2) is 18.6. The minimum absolute atomic E-state index is 0.0485. The lowest BCUT2D eigenvalue weighted by molar-refractivity contribution is -0.385. The van der Waals surface area contributed by atoms with Gasteiger partial charge in [-0.3, -0.25) is 29.8 Å². The molecular formula is C38H30Cl4N4O8. The summed E-state index contributed by atoms with van der Waals surface area (Å²) in [5.41, 5.74) is 2.93. The summed E-state index contributed by atoms with van der Waals surface area (Å²) in [6.45, 7) is 0.653. The number of carbonyl (C=O) groups is 2. The van der Waals surface area contributed by atoms with Gasteiger partial charge in [-0.05, 0) is 70.8 Å². The fourth-order valence-electron chi connectivity index (χ4n) is 5.28. The summed E-state index contributed by atoms with van der Waals surface area (Å²) in [5, 5.41) is 21.8. The zero-order chi connectivity index (χ0) is 38.8. The van der Waals surface area contributed by atoms with Gasteiger partial charge in [0, 0.05) is 50.4 Å². The van der Waals surface area contributed by atoms with E-state index in [1.54, 1.807) is 48.5 Å². The van der Waals surface area contributed by atoms with Crippen LogP contribution in [0.4, 0.5) is 11.4 Å². The fourth-order valence-corrected chi connectivity index (χ4v) is 5.83. The number of amides is 2. The zero-order valence-corrected chi connectivity index (χ0v) is 31.1. The number of nitro benzene ring substituents is 2. The van der Waals surface area contributed by atoms with Crippen molar-refractivity contribution in [2.75, 3.05) is 0 Å². The van der Waals surface area contributed by atoms with Crippen LogP contribution in [-0.2, 0) is 35.8 Å². The monoisotopic (exact) mass is 810 g/mol. The number of non-ortho nitro benzene ring substituents is 2. The SMILES string of the molecule is O=C(C(Cl)Cl)N(Cc1ccc(Oc2ccc([N+](=O)[O-])cc2)cc1)Cc1cccc(CN(Cc2ccc(Oc3ccc([N+](=O)[O-])cc3)cc2)C(=O)C(Cl)Cl)c1. The maximum atomic E-state index is 13.1. The van der Waals surface area contributed by atoms with Gasteiger partial charge in [0.15, 0.2) is 9.67 Å². The molecule has 0 atom stereocenters. The van der Waals surface area contributed by atoms with Crippen LogP contribution in [0.3, 0.4) is 0 Å². The molecule has 0 aromatic heterocycles. The Balaban J connectivity index is 1.25. The van der Waals surface area contributed by atoms with Crippen molar-refractivity contribution < 1.29 is 28.9 Å². The minimum atomic E-state index is -1.30. The van der Waals surface area contributed by atoms with Crippen LogP contribution in [0.5, 0.6) is 23.0 Å². The molecular weight excluding hydrogens is 782 g/mol. The van der Waals surface area contributed by atoms with Crippen LogP contribution in [-0.4, -0.2) is 41.1 Å². The topological polar surface area (TPSA) is 145 Å². The smallest absolute Gasteiger partial charge is 0.269 e. The number of benzene rings is 5. The molecule has 16 heteroatoms. The van der Waals surface area contributed by atoms with Crippen LogP contribution >= 0.6 is 46.4 Å². The van der Waals surface area contributed by atoms with E-state index in [4.69, 9.17) is 55.9 Å². The average Bonchev–Trinajstić information content (AvgIpc) is 3.15. The number of ether oxygens (including phenoxy) is 2. The number of halogens is 4. The first-order chi connectivity index (χ1) is 25.8. The van der Waals surface area contributed by atoms with Crippen molar-refractivity contribution in [3.8, 4) is 23.0 Å². The molecule has 12 nitrogen and oxygen atoms in total. The molecule has 0 fully saturated rings. The predicted molar refractivity (Wildman–Crippen MR) is 205 cm³/mol. The van der Waals surface area contributed by atoms with E-state index in [-0.39, 0.29) is 37.6 Å². The number of nitro groups is 2. The molecule has 0 saturated heterocycles. The van der Waals surface area contributed by atoms with Gasteiger partial charge in [-0.25, -0.2) is 0 Å². The van der Waals surface area contributed by atoms with Crippen molar-refractivity contribution in [1.29, 1.82) is 0 Å². The average molecular weight is 812 g/mol. The Kier molecular flexibility index (Phi) is 13.7. The molecule has 0 N–H and O–H groups in total. The van der Waals surface area contributed by atoms with Crippen molar-refractivity contribution in [2.24, 2.45) is 0 Å². The molecule has 0 unspecified atom stereocenters. The summed E-state index contributed by atoms with van der Waals surface area (Å²) < 4.78 is 11.6. The summed E-state index contributed by atoms with van der Waals surface area (Å²) >= 11 is 24.1. The van der Waals surface area contributed by atoms with Crippen LogP contribution in [0.2, 0.25) is 0 Å². The predicted octanol–water partition coefficient (Wildman–Crippen LogP) is 9.75. The van der Waals surface area contributed by atoms with E-state index < -0.39 is 31.3 Å². The van der Waals surface area contributed by atoms with Crippen molar-refractivity contribution in [3.05, 3.63) is 164 Å². The van der Waals surface area contributed by atoms with Gasteiger partial charge in [-0.2, -0.15) is 0 Å². The normalized spacial score (nSPS) is 10.9. The molecule has 5 rings (SSSR count). The third kappa shape index (κ3) is 11.3. The number of alkyl halides is 4. The van der Waals surface area contributed by atoms with Crippen molar-refractivity contribution >= 4 is 69.6 Å². The van der Waals surface area contributed by atoms with E-state index in [2.05, 4.69) is 0 Å². The molecule has 0 saturated carbocycles. The zero-order valence-electron chi connectivity index (χ0n) is 28.1. The highest BCUT2D eigenvalue weighted by molar-refractivity contribution is 6.53. The lowest BCUT2D eigenvalue weighted by atomic mass is 10.1. The van der Waals surface area contributed by atoms with E-state index in [9.17, 15) is 29.8 Å². The van der Waals surface area contributed by atoms with E-state index in [1.807, 2.05) is 24.3 Å². The van der Waals surface area contributed by atoms with Crippen LogP contribution < -0.4 is 9.47 Å². The molecule has 0 spiro atoms. The van der Waals surface area contributed by atoms with E-state index in [1.165, 1.54) is 58.3 Å². The van der Waals surface area contributed by atoms with E-state index in [0.717, 1.165) is 22.3 Å². The number of nitrogens with zero attached hydrogens (tertiary/aromatic N) is 4. The number of hydrogen-bond acceptors (Lipinski definition) is 8. The van der Waals surface area contributed by atoms with Gasteiger partial charge in [-0.1, -0.05) is 94.9 Å². The first kappa shape index (κ1) is 39.8. The first-order valence-electron chi connectivity index (χ1n) is 16.1. The van der Waals surface area contributed by atoms with Gasteiger partial charge in [0.05, 0.1) is 9.85 Å². The second-order valence-corrected chi connectivity index (χ2v) is 14.0. The lowest BCUT2D eigenvalue weighted by Gasteiger charge is -2.25. The van der Waals surface area contributed by atoms with Crippen molar-refractivity contribution in [1.82, 2.24) is 9.80 Å². The van der Waals surface area contributed by atoms with Gasteiger partial charge in [-0.15, -0.1) is 0 Å². The highest BCUT2D eigenvalue weighted by Gasteiger charge is 2.23. The Hall–Kier alpha value is -5.40. The number of hydrogen-bond donors (Lipinski definition) is 0. The molecule has 5 aromatic carbocycles. The summed E-state index contributed by atoms with van der Waals surface area (Å²) in [6.07, 6.45) is 0. The Bertz CT molecular complexity index is 1940. The summed E-state index contributed by atoms with van der Waals surface area (Å²) in [4.78, 5) is 47.5. The van der Waals surface area contributed by atoms with E-state index >= 15 is 0 Å². The number of carbonyl (C=O) groups excluding carboxylic acids is 2. The quantitative estimate of drug-likeness (QED) is 0.0544. The Morgan fingerprint density at radius 3 is 1.09 bits per heavy atom. The van der Waals surface area contributed by atoms with Gasteiger partial charge in [0.2, 0.25) is 0 Å². The molecule has 0 radical (unpaired) electrons. The van der Waals surface area contributed by atoms with Gasteiger partial charge in [0.25, 0.3) is 23.2 Å². The van der Waals surface area contributed by atoms with Gasteiger partial charge >= 0.3 is 0 Å². The van der Waals surface area contributed by atoms with Crippen LogP contribution in [0.25, 0.3) is 0 Å². The molecule has 278 valence electrons. The molecule has 0 bridgehead atoms. The van der Waals surface area contributed by atoms with E-state index in [0.29, 0.717) is 23.0 Å². The van der Waals surface area contributed by atoms with Crippen molar-refractivity contribution in [3.63, 3.8) is 0 Å². The highest BCUT2D eigenvalue weighted by Crippen LogP contribution is 2.27. The Morgan fingerprint density at radius 2 is 0.796 bits per heavy atom. The number of rotatable bonds is 16. The van der Waals surface area contributed by atoms with Crippen molar-refractivity contribution in [2.45, 2.75) is 35.9 Å². The van der Waals surface area contributed by atoms with Crippen LogP contribution in [0.1, 0.15) is 22.3 Å². The minimum Gasteiger partial charge on any atom is -0.457 e. The standard InChI is InChI=1S/C38H30Cl4N4O8/c39-35(40)37(47)43(21-25-4-12-31(13-5-25)53-33-16-8-29(9-17-33)45(49)50)23-27-2-1-3-28(20-27)24-44(38(48)36(41)42)22-26-6-14-32(15-7-26)54-34-18-10-30(11-19-34)46(51)52/h1-20,35-36H,21-24H2. The highest BCUT2D eigenvalue weighted by atomic mass is 35.5. The fraction of sp³-hybridized carbons (Fsp3) is 0.158.